The summed E-state index contributed by atoms with van der Waals surface area (Å²) in [6.45, 7) is 9.69. The molecule has 3 aromatic rings. The van der Waals surface area contributed by atoms with E-state index in [0.717, 1.165) is 30.5 Å². The monoisotopic (exact) mass is 610 g/mol. The fraction of sp³-hybridized carbons (Fsp3) is 0.400. The summed E-state index contributed by atoms with van der Waals surface area (Å²) >= 11 is 5.48. The zero-order chi connectivity index (χ0) is 30.8. The molecular formula is C30H32F6N4OS. The highest BCUT2D eigenvalue weighted by molar-refractivity contribution is 7.80. The molecule has 0 spiro atoms. The molecule has 4 rings (SSSR count). The van der Waals surface area contributed by atoms with E-state index in [2.05, 4.69) is 34.0 Å². The van der Waals surface area contributed by atoms with Crippen molar-refractivity contribution in [3.05, 3.63) is 78.0 Å². The molecule has 226 valence electrons. The standard InChI is InChI=1S/C30H32F6N4OS/c1-5-19-16-40(11-9-17(19)2)18(3)27(24-8-10-37-26-7-6-23(41-4)15-25(24)26)39-28(42)38-22-13-20(29(31,32)33)12-21(14-22)30(34,35)36/h5-8,10,12-15,17-19,27H,1,9,11,16H2,2-4H3,(H2,38,39,42)/t17?,18?,19?,27-/m1/s1. The van der Waals surface area contributed by atoms with E-state index >= 15 is 0 Å². The molecule has 4 atom stereocenters. The van der Waals surface area contributed by atoms with Gasteiger partial charge in [0.25, 0.3) is 0 Å². The minimum absolute atomic E-state index is 0.0798. The number of piperidine rings is 1. The summed E-state index contributed by atoms with van der Waals surface area (Å²) in [7, 11) is 1.54. The maximum Gasteiger partial charge on any atom is 0.416 e. The maximum atomic E-state index is 13.4. The minimum atomic E-state index is -4.98. The van der Waals surface area contributed by atoms with Crippen molar-refractivity contribution in [3.8, 4) is 5.75 Å². The van der Waals surface area contributed by atoms with Gasteiger partial charge in [0.05, 0.1) is 29.8 Å². The first kappa shape index (κ1) is 31.6. The topological polar surface area (TPSA) is 49.4 Å². The first-order valence-corrected chi connectivity index (χ1v) is 13.8. The van der Waals surface area contributed by atoms with Crippen LogP contribution in [0, 0.1) is 11.8 Å². The fourth-order valence-corrected chi connectivity index (χ4v) is 5.60. The molecule has 0 radical (unpaired) electrons. The summed E-state index contributed by atoms with van der Waals surface area (Å²) in [6.07, 6.45) is -5.43. The van der Waals surface area contributed by atoms with Crippen molar-refractivity contribution in [2.24, 2.45) is 11.8 Å². The largest absolute Gasteiger partial charge is 0.497 e. The van der Waals surface area contributed by atoms with Gasteiger partial charge >= 0.3 is 12.4 Å². The number of anilines is 1. The third-order valence-corrected chi connectivity index (χ3v) is 8.08. The van der Waals surface area contributed by atoms with Crippen LogP contribution < -0.4 is 15.4 Å². The van der Waals surface area contributed by atoms with Crippen molar-refractivity contribution in [1.29, 1.82) is 0 Å². The van der Waals surface area contributed by atoms with Crippen molar-refractivity contribution in [2.45, 2.75) is 44.7 Å². The molecule has 2 aromatic carbocycles. The van der Waals surface area contributed by atoms with Gasteiger partial charge < -0.3 is 15.4 Å². The number of nitrogens with one attached hydrogen (secondary N) is 2. The lowest BCUT2D eigenvalue weighted by molar-refractivity contribution is -0.143. The van der Waals surface area contributed by atoms with E-state index in [1.807, 2.05) is 31.2 Å². The van der Waals surface area contributed by atoms with Gasteiger partial charge in [-0.2, -0.15) is 26.3 Å². The molecule has 5 nitrogen and oxygen atoms in total. The Morgan fingerprint density at radius 3 is 2.36 bits per heavy atom. The van der Waals surface area contributed by atoms with E-state index in [4.69, 9.17) is 17.0 Å². The van der Waals surface area contributed by atoms with Crippen molar-refractivity contribution in [3.63, 3.8) is 0 Å². The van der Waals surface area contributed by atoms with Gasteiger partial charge in [0, 0.05) is 29.9 Å². The number of halogens is 6. The van der Waals surface area contributed by atoms with E-state index in [1.165, 1.54) is 0 Å². The fourth-order valence-electron chi connectivity index (χ4n) is 5.35. The van der Waals surface area contributed by atoms with Crippen LogP contribution in [0.1, 0.15) is 43.0 Å². The maximum absolute atomic E-state index is 13.4. The highest BCUT2D eigenvalue weighted by Crippen LogP contribution is 2.38. The van der Waals surface area contributed by atoms with Crippen LogP contribution in [0.2, 0.25) is 0 Å². The number of benzene rings is 2. The Balaban J connectivity index is 1.72. The Hall–Kier alpha value is -3.38. The summed E-state index contributed by atoms with van der Waals surface area (Å²) in [5.41, 5.74) is -1.81. The number of methoxy groups -OCH3 is 1. The molecule has 2 heterocycles. The van der Waals surface area contributed by atoms with Crippen LogP contribution >= 0.6 is 12.2 Å². The van der Waals surface area contributed by atoms with Crippen LogP contribution in [-0.4, -0.2) is 41.2 Å². The average molecular weight is 611 g/mol. The van der Waals surface area contributed by atoms with Crippen LogP contribution in [0.3, 0.4) is 0 Å². The molecule has 0 amide bonds. The highest BCUT2D eigenvalue weighted by atomic mass is 32.1. The zero-order valence-corrected chi connectivity index (χ0v) is 24.1. The van der Waals surface area contributed by atoms with Gasteiger partial charge in [-0.3, -0.25) is 9.88 Å². The molecule has 3 unspecified atom stereocenters. The molecule has 2 N–H and O–H groups in total. The van der Waals surface area contributed by atoms with Crippen LogP contribution in [-0.2, 0) is 12.4 Å². The van der Waals surface area contributed by atoms with Crippen molar-refractivity contribution in [1.82, 2.24) is 15.2 Å². The Bertz CT molecular complexity index is 1410. The Morgan fingerprint density at radius 1 is 1.10 bits per heavy atom. The lowest BCUT2D eigenvalue weighted by Crippen LogP contribution is -2.50. The number of hydrogen-bond donors (Lipinski definition) is 2. The molecule has 0 bridgehead atoms. The molecule has 1 aliphatic rings. The van der Waals surface area contributed by atoms with E-state index < -0.39 is 35.2 Å². The number of aromatic nitrogens is 1. The van der Waals surface area contributed by atoms with Gasteiger partial charge in [-0.05, 0) is 92.0 Å². The van der Waals surface area contributed by atoms with Gasteiger partial charge in [0.2, 0.25) is 0 Å². The molecule has 1 aliphatic heterocycles. The number of rotatable bonds is 7. The normalized spacial score (nSPS) is 19.6. The third-order valence-electron chi connectivity index (χ3n) is 7.86. The zero-order valence-electron chi connectivity index (χ0n) is 23.3. The Morgan fingerprint density at radius 2 is 1.76 bits per heavy atom. The third kappa shape index (κ3) is 7.15. The van der Waals surface area contributed by atoms with Crippen LogP contribution in [0.5, 0.6) is 5.75 Å². The van der Waals surface area contributed by atoms with Gasteiger partial charge in [-0.15, -0.1) is 6.58 Å². The lowest BCUT2D eigenvalue weighted by atomic mass is 9.85. The number of ether oxygens (including phenoxy) is 1. The second-order valence-electron chi connectivity index (χ2n) is 10.6. The molecule has 0 aliphatic carbocycles. The van der Waals surface area contributed by atoms with E-state index in [1.54, 1.807) is 19.4 Å². The number of nitrogens with zero attached hydrogens (tertiary/aromatic N) is 2. The second-order valence-corrected chi connectivity index (χ2v) is 11.0. The van der Waals surface area contributed by atoms with E-state index in [0.29, 0.717) is 29.3 Å². The lowest BCUT2D eigenvalue weighted by Gasteiger charge is -2.42. The Labute approximate surface area is 245 Å². The summed E-state index contributed by atoms with van der Waals surface area (Å²) in [5.74, 6) is 1.31. The number of likely N-dealkylation sites (tertiary alicyclic amines) is 1. The summed E-state index contributed by atoms with van der Waals surface area (Å²) in [4.78, 5) is 6.73. The summed E-state index contributed by atoms with van der Waals surface area (Å²) in [5, 5.41) is 6.40. The average Bonchev–Trinajstić information content (AvgIpc) is 2.94. The Kier molecular flexibility index (Phi) is 9.36. The van der Waals surface area contributed by atoms with Crippen LogP contribution in [0.4, 0.5) is 32.0 Å². The molecule has 12 heteroatoms. The minimum Gasteiger partial charge on any atom is -0.497 e. The number of fused-ring (bicyclic) bond motifs is 1. The van der Waals surface area contributed by atoms with Crippen LogP contribution in [0.15, 0.2) is 61.3 Å². The number of thiocarbonyl (C=S) groups is 1. The predicted octanol–water partition coefficient (Wildman–Crippen LogP) is 7.84. The number of alkyl halides is 6. The SMILES string of the molecule is C=CC1CN(C(C)[C@@H](NC(=S)Nc2cc(C(F)(F)F)cc(C(F)(F)F)c2)c2ccnc3ccc(OC)cc23)CCC1C. The van der Waals surface area contributed by atoms with Crippen molar-refractivity contribution >= 4 is 33.9 Å². The van der Waals surface area contributed by atoms with E-state index in [9.17, 15) is 26.3 Å². The predicted molar refractivity (Wildman–Crippen MR) is 155 cm³/mol. The summed E-state index contributed by atoms with van der Waals surface area (Å²) in [6, 6.07) is 7.83. The molecule has 1 aromatic heterocycles. The van der Waals surface area contributed by atoms with Gasteiger partial charge in [0.1, 0.15) is 5.75 Å². The smallest absolute Gasteiger partial charge is 0.416 e. The van der Waals surface area contributed by atoms with Gasteiger partial charge in [0.15, 0.2) is 5.11 Å². The van der Waals surface area contributed by atoms with Crippen molar-refractivity contribution in [2.75, 3.05) is 25.5 Å². The highest BCUT2D eigenvalue weighted by Gasteiger charge is 2.37. The number of pyridine rings is 1. The molecule has 42 heavy (non-hydrogen) atoms. The molecule has 1 saturated heterocycles. The van der Waals surface area contributed by atoms with Gasteiger partial charge in [-0.25, -0.2) is 0 Å². The number of hydrogen-bond acceptors (Lipinski definition) is 4. The van der Waals surface area contributed by atoms with Gasteiger partial charge in [-0.1, -0.05) is 13.0 Å². The molecule has 0 saturated carbocycles. The first-order chi connectivity index (χ1) is 19.7. The molecule has 1 fully saturated rings. The van der Waals surface area contributed by atoms with Crippen LogP contribution in [0.25, 0.3) is 10.9 Å². The quantitative estimate of drug-likeness (QED) is 0.162. The van der Waals surface area contributed by atoms with E-state index in [-0.39, 0.29) is 23.1 Å². The second kappa shape index (κ2) is 12.5. The summed E-state index contributed by atoms with van der Waals surface area (Å²) < 4.78 is 86.1. The first-order valence-electron chi connectivity index (χ1n) is 13.4. The molecular weight excluding hydrogens is 578 g/mol. The van der Waals surface area contributed by atoms with Crippen molar-refractivity contribution < 1.29 is 31.1 Å².